The van der Waals surface area contributed by atoms with E-state index in [1.165, 1.54) is 24.1 Å². The first-order chi connectivity index (χ1) is 14.4. The zero-order chi connectivity index (χ0) is 19.5. The lowest BCUT2D eigenvalue weighted by Gasteiger charge is -2.32. The fraction of sp³-hybridized carbons (Fsp3) is 0.280. The van der Waals surface area contributed by atoms with Gasteiger partial charge in [-0.1, -0.05) is 107 Å². The van der Waals surface area contributed by atoms with Gasteiger partial charge >= 0.3 is 0 Å². The van der Waals surface area contributed by atoms with E-state index in [-0.39, 0.29) is 0 Å². The predicted octanol–water partition coefficient (Wildman–Crippen LogP) is 4.66. The summed E-state index contributed by atoms with van der Waals surface area (Å²) in [5.74, 6) is 0. The molecule has 2 atom stereocenters. The van der Waals surface area contributed by atoms with Gasteiger partial charge in [-0.3, -0.25) is 5.01 Å². The quantitative estimate of drug-likeness (QED) is 0.588. The largest absolute Gasteiger partial charge is 0.269 e. The average molecular weight is 398 g/mol. The Bertz CT molecular complexity index is 920. The molecule has 0 N–H and O–H groups in total. The van der Waals surface area contributed by atoms with Crippen LogP contribution >= 0.6 is 0 Å². The van der Waals surface area contributed by atoms with Crippen LogP contribution in [0.3, 0.4) is 0 Å². The van der Waals surface area contributed by atoms with Crippen molar-refractivity contribution in [3.05, 3.63) is 96.6 Å². The molecule has 3 aromatic rings. The number of benzene rings is 3. The molecule has 0 aliphatic carbocycles. The highest BCUT2D eigenvalue weighted by Crippen LogP contribution is 2.35. The first kappa shape index (κ1) is 18.3. The van der Waals surface area contributed by atoms with E-state index in [1.54, 1.807) is 10.4 Å². The van der Waals surface area contributed by atoms with Crippen LogP contribution in [-0.2, 0) is 6.54 Å². The van der Waals surface area contributed by atoms with Crippen LogP contribution in [-0.4, -0.2) is 25.2 Å². The van der Waals surface area contributed by atoms with E-state index in [2.05, 4.69) is 101 Å². The second-order valence-electron chi connectivity index (χ2n) is 8.31. The molecular formula is C25H27N3Si. The van der Waals surface area contributed by atoms with Crippen LogP contribution in [0.1, 0.15) is 18.4 Å². The van der Waals surface area contributed by atoms with Gasteiger partial charge in [0.2, 0.25) is 0 Å². The minimum Gasteiger partial charge on any atom is -0.269 e. The van der Waals surface area contributed by atoms with Crippen LogP contribution in [0.5, 0.6) is 0 Å². The zero-order valence-corrected chi connectivity index (χ0v) is 17.7. The summed E-state index contributed by atoms with van der Waals surface area (Å²) in [6, 6.07) is 36.5. The monoisotopic (exact) mass is 397 g/mol. The first-order valence-electron chi connectivity index (χ1n) is 10.7. The third-order valence-electron chi connectivity index (χ3n) is 6.72. The van der Waals surface area contributed by atoms with Crippen LogP contribution < -0.4 is 10.4 Å². The fourth-order valence-electron chi connectivity index (χ4n) is 5.16. The molecule has 29 heavy (non-hydrogen) atoms. The minimum absolute atomic E-state index is 0.334. The molecule has 3 aromatic carbocycles. The number of hydrogen-bond donors (Lipinski definition) is 0. The van der Waals surface area contributed by atoms with E-state index in [0.717, 1.165) is 13.0 Å². The van der Waals surface area contributed by atoms with Gasteiger partial charge in [0.05, 0.1) is 18.6 Å². The second-order valence-corrected chi connectivity index (χ2v) is 12.6. The van der Waals surface area contributed by atoms with Crippen molar-refractivity contribution in [1.82, 2.24) is 5.01 Å². The van der Waals surface area contributed by atoms with Gasteiger partial charge in [-0.15, -0.1) is 0 Å². The molecule has 4 heteroatoms. The highest BCUT2D eigenvalue weighted by molar-refractivity contribution is 7.02. The van der Waals surface area contributed by atoms with Crippen molar-refractivity contribution in [2.45, 2.75) is 43.6 Å². The maximum atomic E-state index is 4.72. The SMILES string of the molecule is c1ccc(CN2N=N[C@@H]3CC[Si](c4ccccc4)(c4ccccc4)CC[C@H]32)cc1. The van der Waals surface area contributed by atoms with Gasteiger partial charge in [-0.05, 0) is 30.5 Å². The van der Waals surface area contributed by atoms with Crippen LogP contribution in [0.4, 0.5) is 0 Å². The Balaban J connectivity index is 1.45. The molecule has 146 valence electrons. The Kier molecular flexibility index (Phi) is 5.02. The molecule has 0 saturated carbocycles. The molecule has 0 unspecified atom stereocenters. The maximum absolute atomic E-state index is 4.72. The summed E-state index contributed by atoms with van der Waals surface area (Å²) in [6.45, 7) is 0.858. The van der Waals surface area contributed by atoms with E-state index in [0.29, 0.717) is 12.1 Å². The molecule has 0 radical (unpaired) electrons. The summed E-state index contributed by atoms with van der Waals surface area (Å²) in [6.07, 6.45) is 2.30. The molecule has 2 aliphatic heterocycles. The van der Waals surface area contributed by atoms with Gasteiger partial charge in [-0.25, -0.2) is 0 Å². The fourth-order valence-corrected chi connectivity index (χ4v) is 10.1. The number of rotatable bonds is 4. The van der Waals surface area contributed by atoms with Crippen LogP contribution in [0.15, 0.2) is 101 Å². The molecule has 2 aliphatic rings. The molecular weight excluding hydrogens is 370 g/mol. The molecule has 2 heterocycles. The number of nitrogens with zero attached hydrogens (tertiary/aromatic N) is 3. The highest BCUT2D eigenvalue weighted by atomic mass is 28.3. The molecule has 0 spiro atoms. The average Bonchev–Trinajstić information content (AvgIpc) is 3.06. The Morgan fingerprint density at radius 1 is 0.724 bits per heavy atom. The number of fused-ring (bicyclic) bond motifs is 1. The summed E-state index contributed by atoms with van der Waals surface area (Å²) in [4.78, 5) is 0. The molecule has 3 nitrogen and oxygen atoms in total. The van der Waals surface area contributed by atoms with Crippen LogP contribution in [0.2, 0.25) is 12.1 Å². The molecule has 5 rings (SSSR count). The zero-order valence-electron chi connectivity index (χ0n) is 16.7. The van der Waals surface area contributed by atoms with Crippen molar-refractivity contribution in [1.29, 1.82) is 0 Å². The third-order valence-corrected chi connectivity index (χ3v) is 11.9. The van der Waals surface area contributed by atoms with Crippen molar-refractivity contribution in [2.24, 2.45) is 10.3 Å². The Morgan fingerprint density at radius 2 is 1.28 bits per heavy atom. The lowest BCUT2D eigenvalue weighted by Crippen LogP contribution is -2.57. The first-order valence-corrected chi connectivity index (χ1v) is 13.1. The summed E-state index contributed by atoms with van der Waals surface area (Å²) in [5.41, 5.74) is 1.31. The van der Waals surface area contributed by atoms with E-state index in [1.807, 2.05) is 0 Å². The Morgan fingerprint density at radius 3 is 1.90 bits per heavy atom. The van der Waals surface area contributed by atoms with Crippen molar-refractivity contribution in [2.75, 3.05) is 0 Å². The lowest BCUT2D eigenvalue weighted by molar-refractivity contribution is 0.205. The summed E-state index contributed by atoms with van der Waals surface area (Å²) in [7, 11) is -1.80. The Labute approximate surface area is 174 Å². The molecule has 1 saturated heterocycles. The van der Waals surface area contributed by atoms with E-state index >= 15 is 0 Å². The van der Waals surface area contributed by atoms with Crippen molar-refractivity contribution in [3.63, 3.8) is 0 Å². The van der Waals surface area contributed by atoms with Gasteiger partial charge in [0.15, 0.2) is 0 Å². The predicted molar refractivity (Wildman–Crippen MR) is 121 cm³/mol. The maximum Gasteiger partial charge on any atom is 0.118 e. The summed E-state index contributed by atoms with van der Waals surface area (Å²) < 4.78 is 0. The Hall–Kier alpha value is -2.72. The topological polar surface area (TPSA) is 28.0 Å². The summed E-state index contributed by atoms with van der Waals surface area (Å²) in [5, 5.41) is 14.7. The van der Waals surface area contributed by atoms with Gasteiger partial charge in [0.25, 0.3) is 0 Å². The molecule has 0 aromatic heterocycles. The highest BCUT2D eigenvalue weighted by Gasteiger charge is 2.44. The molecule has 1 fully saturated rings. The standard InChI is InChI=1S/C25H27N3Si/c1-4-10-21(11-5-1)20-28-25-17-19-29(18-16-24(25)26-27-28,22-12-6-2-7-13-22)23-14-8-3-9-15-23/h1-15,24-25H,16-20H2/t24-,25-/m1/s1. The van der Waals surface area contributed by atoms with Gasteiger partial charge in [0.1, 0.15) is 8.07 Å². The van der Waals surface area contributed by atoms with Crippen molar-refractivity contribution in [3.8, 4) is 0 Å². The van der Waals surface area contributed by atoms with Gasteiger partial charge in [0, 0.05) is 0 Å². The molecule has 0 amide bonds. The minimum atomic E-state index is -1.80. The van der Waals surface area contributed by atoms with Gasteiger partial charge < -0.3 is 0 Å². The van der Waals surface area contributed by atoms with Crippen LogP contribution in [0, 0.1) is 0 Å². The van der Waals surface area contributed by atoms with E-state index < -0.39 is 8.07 Å². The van der Waals surface area contributed by atoms with Gasteiger partial charge in [-0.2, -0.15) is 5.11 Å². The normalized spacial score (nSPS) is 22.8. The smallest absolute Gasteiger partial charge is 0.118 e. The molecule has 0 bridgehead atoms. The summed E-state index contributed by atoms with van der Waals surface area (Å²) >= 11 is 0. The second kappa shape index (κ2) is 7.95. The van der Waals surface area contributed by atoms with Crippen molar-refractivity contribution < 1.29 is 0 Å². The third kappa shape index (κ3) is 3.53. The lowest BCUT2D eigenvalue weighted by atomic mass is 10.0. The van der Waals surface area contributed by atoms with Crippen molar-refractivity contribution >= 4 is 18.4 Å². The van der Waals surface area contributed by atoms with E-state index in [9.17, 15) is 0 Å². The number of hydrogen-bond acceptors (Lipinski definition) is 3. The van der Waals surface area contributed by atoms with Crippen LogP contribution in [0.25, 0.3) is 0 Å². The van der Waals surface area contributed by atoms with E-state index in [4.69, 9.17) is 5.11 Å².